The van der Waals surface area contributed by atoms with Gasteiger partial charge in [-0.2, -0.15) is 0 Å². The molecule has 0 aliphatic carbocycles. The van der Waals surface area contributed by atoms with Gasteiger partial charge in [0.15, 0.2) is 0 Å². The third-order valence-electron chi connectivity index (χ3n) is 9.34. The van der Waals surface area contributed by atoms with E-state index in [1.165, 1.54) is 4.90 Å². The quantitative estimate of drug-likeness (QED) is 0.362. The first-order valence-electron chi connectivity index (χ1n) is 15.7. The molecule has 5 bridgehead atoms. The van der Waals surface area contributed by atoms with Crippen molar-refractivity contribution in [2.45, 2.75) is 56.9 Å². The van der Waals surface area contributed by atoms with Gasteiger partial charge in [0.1, 0.15) is 24.4 Å². The van der Waals surface area contributed by atoms with Crippen molar-refractivity contribution in [3.05, 3.63) is 87.9 Å². The van der Waals surface area contributed by atoms with E-state index in [9.17, 15) is 24.3 Å². The molecule has 2 N–H and O–H groups in total. The van der Waals surface area contributed by atoms with Crippen molar-refractivity contribution in [1.82, 2.24) is 10.2 Å². The zero-order valence-corrected chi connectivity index (χ0v) is 27.4. The Kier molecular flexibility index (Phi) is 9.18. The van der Waals surface area contributed by atoms with Crippen LogP contribution >= 0.6 is 15.9 Å². The summed E-state index contributed by atoms with van der Waals surface area (Å²) in [5, 5.41) is 12.8. The van der Waals surface area contributed by atoms with Gasteiger partial charge in [-0.1, -0.05) is 70.5 Å². The lowest BCUT2D eigenvalue weighted by Crippen LogP contribution is -2.56. The lowest BCUT2D eigenvalue weighted by molar-refractivity contribution is -0.145. The Morgan fingerprint density at radius 3 is 2.59 bits per heavy atom. The second-order valence-corrected chi connectivity index (χ2v) is 13.3. The van der Waals surface area contributed by atoms with Crippen LogP contribution in [0.1, 0.15) is 42.0 Å². The third-order valence-corrected chi connectivity index (χ3v) is 10.0. The molecule has 0 aromatic heterocycles. The normalized spacial score (nSPS) is 30.6. The number of likely N-dealkylation sites (tertiary alicyclic amines) is 1. The van der Waals surface area contributed by atoms with Gasteiger partial charge in [0.05, 0.1) is 17.9 Å². The number of aryl methyl sites for hydroxylation is 2. The number of carbonyl (C=O) groups excluding carboxylic acids is 4. The van der Waals surface area contributed by atoms with Crippen LogP contribution in [0, 0.1) is 25.7 Å². The molecule has 2 fully saturated rings. The summed E-state index contributed by atoms with van der Waals surface area (Å²) in [5.41, 5.74) is 1.87. The number of hydrogen-bond acceptors (Lipinski definition) is 7. The maximum Gasteiger partial charge on any atom is 0.306 e. The van der Waals surface area contributed by atoms with Gasteiger partial charge in [0, 0.05) is 36.3 Å². The van der Waals surface area contributed by atoms with Gasteiger partial charge in [-0.3, -0.25) is 19.2 Å². The van der Waals surface area contributed by atoms with Gasteiger partial charge in [-0.25, -0.2) is 0 Å². The molecule has 0 unspecified atom stereocenters. The van der Waals surface area contributed by atoms with Crippen molar-refractivity contribution in [2.24, 2.45) is 11.8 Å². The molecule has 3 amide bonds. The van der Waals surface area contributed by atoms with Gasteiger partial charge in [-0.15, -0.1) is 0 Å². The Morgan fingerprint density at radius 1 is 1.04 bits per heavy atom. The first kappa shape index (κ1) is 32.2. The van der Waals surface area contributed by atoms with E-state index in [2.05, 4.69) is 21.2 Å². The van der Waals surface area contributed by atoms with E-state index >= 15 is 0 Å². The number of allylic oxidation sites excluding steroid dienone is 1. The van der Waals surface area contributed by atoms with Crippen LogP contribution in [0.15, 0.2) is 71.2 Å². The molecule has 0 saturated carbocycles. The van der Waals surface area contributed by atoms with E-state index < -0.39 is 47.5 Å². The zero-order valence-electron chi connectivity index (χ0n) is 25.9. The summed E-state index contributed by atoms with van der Waals surface area (Å²) < 4.78 is 12.8. The minimum atomic E-state index is -1.41. The molecule has 2 aromatic carbocycles. The number of amides is 3. The highest BCUT2D eigenvalue weighted by atomic mass is 79.9. The van der Waals surface area contributed by atoms with E-state index in [1.54, 1.807) is 11.0 Å². The number of carbonyl (C=O) groups is 4. The molecule has 11 heteroatoms. The average Bonchev–Trinajstić information content (AvgIpc) is 3.64. The van der Waals surface area contributed by atoms with Crippen molar-refractivity contribution in [3.63, 3.8) is 0 Å². The number of hydrogen-bond donors (Lipinski definition) is 2. The van der Waals surface area contributed by atoms with E-state index in [0.717, 1.165) is 16.7 Å². The molecular weight excluding hydrogens is 654 g/mol. The lowest BCUT2D eigenvalue weighted by atomic mass is 9.74. The number of aliphatic hydroxyl groups is 1. The van der Waals surface area contributed by atoms with Crippen molar-refractivity contribution in [2.75, 3.05) is 31.2 Å². The fourth-order valence-electron chi connectivity index (χ4n) is 7.16. The zero-order chi connectivity index (χ0) is 32.6. The highest BCUT2D eigenvalue weighted by molar-refractivity contribution is 9.11. The molecule has 1 spiro atoms. The topological polar surface area (TPSA) is 125 Å². The SMILES string of the molecule is Cc1ccc(C)c(N2C/C=C\CCC(=O)OC[C@H](c3ccccc3)NC(=O)[C@H]3[C@@H]4O[C@@]5(C=C4Br)[C@@H]3C(=O)N(CCCO)[C@@H]5C2=O)c1. The summed E-state index contributed by atoms with van der Waals surface area (Å²) >= 11 is 3.60. The smallest absolute Gasteiger partial charge is 0.306 e. The summed E-state index contributed by atoms with van der Waals surface area (Å²) in [4.78, 5) is 59.4. The Labute approximate surface area is 276 Å². The largest absolute Gasteiger partial charge is 0.463 e. The number of ether oxygens (including phenoxy) is 2. The molecule has 4 aliphatic rings. The standard InChI is InChI=1S/C35H38BrN3O7/c1-21-13-14-22(2)26(18-21)38-15-8-4-7-12-27(41)45-20-25(23-10-5-3-6-11-23)37-32(42)28-29-33(43)39(16-9-17-40)31(34(38)44)35(29)19-24(36)30(28)46-35/h3-6,8,10-11,13-14,18-19,25,28-31,40H,7,9,12,15-17,20H2,1-2H3,(H,37,42)/b8-4-/t25-,28-,29+,30-,31-,35+/m1/s1. The monoisotopic (exact) mass is 691 g/mol. The summed E-state index contributed by atoms with van der Waals surface area (Å²) in [6.45, 7) is 3.93. The highest BCUT2D eigenvalue weighted by Crippen LogP contribution is 2.58. The first-order valence-corrected chi connectivity index (χ1v) is 16.5. The molecule has 0 radical (unpaired) electrons. The Morgan fingerprint density at radius 2 is 1.83 bits per heavy atom. The minimum Gasteiger partial charge on any atom is -0.463 e. The number of nitrogens with zero attached hydrogens (tertiary/aromatic N) is 2. The molecule has 4 heterocycles. The second kappa shape index (κ2) is 13.1. The molecule has 2 aromatic rings. The van der Waals surface area contributed by atoms with Crippen LogP contribution < -0.4 is 10.2 Å². The highest BCUT2D eigenvalue weighted by Gasteiger charge is 2.74. The first-order chi connectivity index (χ1) is 22.2. The number of benzene rings is 2. The fraction of sp³-hybridized carbons (Fsp3) is 0.429. The average molecular weight is 693 g/mol. The summed E-state index contributed by atoms with van der Waals surface area (Å²) in [7, 11) is 0. The van der Waals surface area contributed by atoms with Crippen molar-refractivity contribution >= 4 is 45.3 Å². The summed E-state index contributed by atoms with van der Waals surface area (Å²) in [6.07, 6.45) is 5.48. The Hall–Kier alpha value is -3.80. The number of fused-ring (bicyclic) bond motifs is 2. The molecule has 2 saturated heterocycles. The fourth-order valence-corrected chi connectivity index (χ4v) is 7.90. The number of aliphatic hydroxyl groups excluding tert-OH is 1. The van der Waals surface area contributed by atoms with Crippen LogP contribution in [-0.4, -0.2) is 77.7 Å². The summed E-state index contributed by atoms with van der Waals surface area (Å²) in [6, 6.07) is 13.3. The van der Waals surface area contributed by atoms with E-state index in [0.29, 0.717) is 16.6 Å². The maximum atomic E-state index is 14.9. The van der Waals surface area contributed by atoms with Gasteiger partial charge >= 0.3 is 5.97 Å². The van der Waals surface area contributed by atoms with Crippen LogP contribution in [0.25, 0.3) is 0 Å². The molecule has 6 rings (SSSR count). The van der Waals surface area contributed by atoms with E-state index in [4.69, 9.17) is 9.47 Å². The van der Waals surface area contributed by atoms with Crippen LogP contribution in [0.4, 0.5) is 5.69 Å². The molecule has 4 aliphatic heterocycles. The minimum absolute atomic E-state index is 0.0819. The van der Waals surface area contributed by atoms with Crippen molar-refractivity contribution in [1.29, 1.82) is 0 Å². The van der Waals surface area contributed by atoms with E-state index in [-0.39, 0.29) is 51.0 Å². The van der Waals surface area contributed by atoms with Crippen molar-refractivity contribution in [3.8, 4) is 0 Å². The molecule has 46 heavy (non-hydrogen) atoms. The number of anilines is 1. The van der Waals surface area contributed by atoms with Crippen LogP contribution in [-0.2, 0) is 28.7 Å². The third kappa shape index (κ3) is 5.69. The molecule has 10 nitrogen and oxygen atoms in total. The van der Waals surface area contributed by atoms with Gasteiger partial charge in [-0.05, 0) is 55.5 Å². The number of nitrogens with one attached hydrogen (secondary N) is 1. The van der Waals surface area contributed by atoms with Gasteiger partial charge in [0.2, 0.25) is 11.8 Å². The number of rotatable bonds is 5. The van der Waals surface area contributed by atoms with Crippen LogP contribution in [0.5, 0.6) is 0 Å². The predicted molar refractivity (Wildman–Crippen MR) is 174 cm³/mol. The van der Waals surface area contributed by atoms with Crippen molar-refractivity contribution < 1.29 is 33.8 Å². The Balaban J connectivity index is 1.46. The number of halogens is 1. The van der Waals surface area contributed by atoms with Crippen LogP contribution in [0.3, 0.4) is 0 Å². The number of esters is 1. The molecule has 242 valence electrons. The van der Waals surface area contributed by atoms with E-state index in [1.807, 2.05) is 74.5 Å². The summed E-state index contributed by atoms with van der Waals surface area (Å²) in [5.74, 6) is -3.49. The second-order valence-electron chi connectivity index (χ2n) is 12.3. The molecule has 6 atom stereocenters. The number of cyclic esters (lactones) is 1. The van der Waals surface area contributed by atoms with Gasteiger partial charge in [0.25, 0.3) is 5.91 Å². The van der Waals surface area contributed by atoms with Crippen LogP contribution in [0.2, 0.25) is 0 Å². The maximum absolute atomic E-state index is 14.9. The lowest BCUT2D eigenvalue weighted by Gasteiger charge is -2.36. The predicted octanol–water partition coefficient (Wildman–Crippen LogP) is 3.64. The van der Waals surface area contributed by atoms with Gasteiger partial charge < -0.3 is 29.7 Å². The Bertz CT molecular complexity index is 1590. The molecular formula is C35H38BrN3O7.